The maximum atomic E-state index is 11.7. The molecule has 0 aliphatic rings. The van der Waals surface area contributed by atoms with Crippen molar-refractivity contribution < 1.29 is 4.79 Å². The van der Waals surface area contributed by atoms with E-state index in [0.717, 1.165) is 16.9 Å². The lowest BCUT2D eigenvalue weighted by Crippen LogP contribution is -2.25. The van der Waals surface area contributed by atoms with E-state index in [1.54, 1.807) is 17.5 Å². The maximum absolute atomic E-state index is 11.7. The number of hydrogen-bond acceptors (Lipinski definition) is 4. The molecule has 5 nitrogen and oxygen atoms in total. The molecule has 0 saturated carbocycles. The Hall–Kier alpha value is -2.08. The van der Waals surface area contributed by atoms with Crippen molar-refractivity contribution in [3.63, 3.8) is 0 Å². The van der Waals surface area contributed by atoms with E-state index in [-0.39, 0.29) is 17.2 Å². The largest absolute Gasteiger partial charge is 0.399 e. The number of hydrogen-bond donors (Lipinski definition) is 3. The molecule has 0 radical (unpaired) electrons. The van der Waals surface area contributed by atoms with Crippen molar-refractivity contribution in [1.29, 1.82) is 0 Å². The third-order valence-corrected chi connectivity index (χ3v) is 3.08. The summed E-state index contributed by atoms with van der Waals surface area (Å²) >= 11 is 1.08. The number of rotatable bonds is 4. The molecule has 0 atom stereocenters. The molecule has 2 aromatic rings. The minimum atomic E-state index is -0.116. The van der Waals surface area contributed by atoms with E-state index >= 15 is 0 Å². The maximum Gasteiger partial charge on any atom is 0.304 e. The van der Waals surface area contributed by atoms with Gasteiger partial charge >= 0.3 is 4.87 Å². The van der Waals surface area contributed by atoms with E-state index in [1.807, 2.05) is 12.1 Å². The second kappa shape index (κ2) is 5.50. The number of amides is 1. The SMILES string of the molecule is Nc1cccc(CC(=O)NCc2csc(=O)[nH]2)c1. The molecule has 1 aromatic heterocycles. The molecule has 0 unspecified atom stereocenters. The summed E-state index contributed by atoms with van der Waals surface area (Å²) in [5, 5.41) is 4.43. The van der Waals surface area contributed by atoms with Crippen LogP contribution in [-0.4, -0.2) is 10.9 Å². The Morgan fingerprint density at radius 2 is 2.28 bits per heavy atom. The van der Waals surface area contributed by atoms with Crippen LogP contribution in [-0.2, 0) is 17.8 Å². The van der Waals surface area contributed by atoms with E-state index in [2.05, 4.69) is 10.3 Å². The molecule has 0 bridgehead atoms. The molecule has 0 aliphatic carbocycles. The number of carbonyl (C=O) groups excluding carboxylic acids is 1. The summed E-state index contributed by atoms with van der Waals surface area (Å²) in [6.07, 6.45) is 0.277. The van der Waals surface area contributed by atoms with Crippen LogP contribution in [0.2, 0.25) is 0 Å². The lowest BCUT2D eigenvalue weighted by atomic mass is 10.1. The predicted octanol–water partition coefficient (Wildman–Crippen LogP) is 0.877. The highest BCUT2D eigenvalue weighted by Crippen LogP contribution is 2.07. The molecule has 0 saturated heterocycles. The molecule has 1 amide bonds. The first-order valence-electron chi connectivity index (χ1n) is 5.41. The number of nitrogens with two attached hydrogens (primary N) is 1. The third kappa shape index (κ3) is 3.46. The normalized spacial score (nSPS) is 10.2. The van der Waals surface area contributed by atoms with Gasteiger partial charge in [0.2, 0.25) is 5.91 Å². The van der Waals surface area contributed by atoms with E-state index < -0.39 is 0 Å². The minimum Gasteiger partial charge on any atom is -0.399 e. The predicted molar refractivity (Wildman–Crippen MR) is 71.3 cm³/mol. The number of thiazole rings is 1. The van der Waals surface area contributed by atoms with Crippen LogP contribution in [0.5, 0.6) is 0 Å². The number of anilines is 1. The van der Waals surface area contributed by atoms with Gasteiger partial charge in [0.15, 0.2) is 0 Å². The van der Waals surface area contributed by atoms with Crippen molar-refractivity contribution in [3.05, 3.63) is 50.6 Å². The quantitative estimate of drug-likeness (QED) is 0.715. The fourth-order valence-electron chi connectivity index (χ4n) is 1.55. The van der Waals surface area contributed by atoms with Crippen LogP contribution in [0, 0.1) is 0 Å². The lowest BCUT2D eigenvalue weighted by Gasteiger charge is -2.04. The van der Waals surface area contributed by atoms with Gasteiger partial charge in [0.05, 0.1) is 13.0 Å². The molecule has 2 rings (SSSR count). The summed E-state index contributed by atoms with van der Waals surface area (Å²) in [4.78, 5) is 25.1. The average Bonchev–Trinajstić information content (AvgIpc) is 2.73. The first-order valence-corrected chi connectivity index (χ1v) is 6.29. The molecular formula is C12H13N3O2S. The zero-order valence-corrected chi connectivity index (χ0v) is 10.4. The van der Waals surface area contributed by atoms with Gasteiger partial charge in [-0.05, 0) is 17.7 Å². The molecule has 0 fully saturated rings. The van der Waals surface area contributed by atoms with E-state index in [0.29, 0.717) is 17.9 Å². The Morgan fingerprint density at radius 1 is 1.44 bits per heavy atom. The van der Waals surface area contributed by atoms with Crippen LogP contribution in [0.3, 0.4) is 0 Å². The second-order valence-electron chi connectivity index (χ2n) is 3.87. The van der Waals surface area contributed by atoms with Crippen LogP contribution < -0.4 is 15.9 Å². The van der Waals surface area contributed by atoms with E-state index in [4.69, 9.17) is 5.73 Å². The van der Waals surface area contributed by atoms with Crippen molar-refractivity contribution >= 4 is 22.9 Å². The van der Waals surface area contributed by atoms with Gasteiger partial charge in [0.25, 0.3) is 0 Å². The third-order valence-electron chi connectivity index (χ3n) is 2.36. The number of nitrogens with one attached hydrogen (secondary N) is 2. The summed E-state index contributed by atoms with van der Waals surface area (Å²) in [5.41, 5.74) is 7.85. The zero-order valence-electron chi connectivity index (χ0n) is 9.60. The van der Waals surface area contributed by atoms with Crippen molar-refractivity contribution in [3.8, 4) is 0 Å². The number of aromatic nitrogens is 1. The Morgan fingerprint density at radius 3 is 2.94 bits per heavy atom. The summed E-state index contributed by atoms with van der Waals surface area (Å²) in [7, 11) is 0. The minimum absolute atomic E-state index is 0.104. The van der Waals surface area contributed by atoms with Crippen LogP contribution in [0.1, 0.15) is 11.3 Å². The van der Waals surface area contributed by atoms with Crippen LogP contribution >= 0.6 is 11.3 Å². The average molecular weight is 263 g/mol. The molecule has 94 valence electrons. The second-order valence-corrected chi connectivity index (χ2v) is 4.71. The molecule has 1 heterocycles. The first kappa shape index (κ1) is 12.4. The number of H-pyrrole nitrogens is 1. The topological polar surface area (TPSA) is 88.0 Å². The van der Waals surface area contributed by atoms with Gasteiger partial charge in [0.1, 0.15) is 0 Å². The van der Waals surface area contributed by atoms with Gasteiger partial charge in [-0.1, -0.05) is 23.5 Å². The van der Waals surface area contributed by atoms with Crippen LogP contribution in [0.15, 0.2) is 34.4 Å². The van der Waals surface area contributed by atoms with Crippen molar-refractivity contribution in [2.45, 2.75) is 13.0 Å². The number of aromatic amines is 1. The summed E-state index contributed by atoms with van der Waals surface area (Å²) in [6, 6.07) is 7.21. The number of nitrogen functional groups attached to an aromatic ring is 1. The lowest BCUT2D eigenvalue weighted by molar-refractivity contribution is -0.120. The standard InChI is InChI=1S/C12H13N3O2S/c13-9-3-1-2-8(4-9)5-11(16)14-6-10-7-18-12(17)15-10/h1-4,7H,5-6,13H2,(H,14,16)(H,15,17). The summed E-state index contributed by atoms with van der Waals surface area (Å²) < 4.78 is 0. The van der Waals surface area contributed by atoms with Gasteiger partial charge in [-0.25, -0.2) is 0 Å². The molecule has 0 aliphatic heterocycles. The molecule has 1 aromatic carbocycles. The van der Waals surface area contributed by atoms with Gasteiger partial charge in [0, 0.05) is 16.8 Å². The fourth-order valence-corrected chi connectivity index (χ4v) is 2.13. The summed E-state index contributed by atoms with van der Waals surface area (Å²) in [5.74, 6) is -0.104. The summed E-state index contributed by atoms with van der Waals surface area (Å²) in [6.45, 7) is 0.333. The molecule has 0 spiro atoms. The first-order chi connectivity index (χ1) is 8.63. The molecule has 4 N–H and O–H groups in total. The zero-order chi connectivity index (χ0) is 13.0. The smallest absolute Gasteiger partial charge is 0.304 e. The van der Waals surface area contributed by atoms with Gasteiger partial charge in [-0.3, -0.25) is 9.59 Å². The highest BCUT2D eigenvalue weighted by molar-refractivity contribution is 7.07. The molecule has 18 heavy (non-hydrogen) atoms. The Kier molecular flexibility index (Phi) is 3.78. The monoisotopic (exact) mass is 263 g/mol. The van der Waals surface area contributed by atoms with E-state index in [1.165, 1.54) is 0 Å². The van der Waals surface area contributed by atoms with Crippen molar-refractivity contribution in [2.24, 2.45) is 0 Å². The molecular weight excluding hydrogens is 250 g/mol. The molecule has 6 heteroatoms. The Labute approximate surface area is 108 Å². The Bertz CT molecular complexity index is 603. The number of benzene rings is 1. The fraction of sp³-hybridized carbons (Fsp3) is 0.167. The van der Waals surface area contributed by atoms with Crippen molar-refractivity contribution in [1.82, 2.24) is 10.3 Å². The van der Waals surface area contributed by atoms with Crippen LogP contribution in [0.4, 0.5) is 5.69 Å². The van der Waals surface area contributed by atoms with E-state index in [9.17, 15) is 9.59 Å². The van der Waals surface area contributed by atoms with Gasteiger partial charge in [-0.15, -0.1) is 0 Å². The number of carbonyl (C=O) groups is 1. The van der Waals surface area contributed by atoms with Gasteiger partial charge in [-0.2, -0.15) is 0 Å². The highest BCUT2D eigenvalue weighted by atomic mass is 32.1. The van der Waals surface area contributed by atoms with Crippen molar-refractivity contribution in [2.75, 3.05) is 5.73 Å². The Balaban J connectivity index is 1.87. The van der Waals surface area contributed by atoms with Crippen LogP contribution in [0.25, 0.3) is 0 Å². The highest BCUT2D eigenvalue weighted by Gasteiger charge is 2.04. The van der Waals surface area contributed by atoms with Gasteiger partial charge < -0.3 is 16.0 Å².